The molecule has 0 atom stereocenters. The number of hydrogen-bond acceptors (Lipinski definition) is 5. The van der Waals surface area contributed by atoms with Crippen LogP contribution in [0.3, 0.4) is 0 Å². The summed E-state index contributed by atoms with van der Waals surface area (Å²) in [6, 6.07) is 13.3. The van der Waals surface area contributed by atoms with Crippen molar-refractivity contribution >= 4 is 22.4 Å². The Balaban J connectivity index is 1.63. The minimum atomic E-state index is -1.60. The summed E-state index contributed by atoms with van der Waals surface area (Å²) in [5, 5.41) is 7.26. The van der Waals surface area contributed by atoms with Gasteiger partial charge in [0.1, 0.15) is 11.5 Å². The molecule has 0 spiro atoms. The van der Waals surface area contributed by atoms with Gasteiger partial charge < -0.3 is 10.6 Å². The van der Waals surface area contributed by atoms with Gasteiger partial charge in [-0.25, -0.2) is 23.7 Å². The average molecular weight is 461 g/mol. The highest BCUT2D eigenvalue weighted by Gasteiger charge is 2.23. The van der Waals surface area contributed by atoms with Crippen molar-refractivity contribution in [3.63, 3.8) is 0 Å². The van der Waals surface area contributed by atoms with E-state index in [1.54, 1.807) is 33.8 Å². The molecule has 0 fully saturated rings. The van der Waals surface area contributed by atoms with Gasteiger partial charge in [0.05, 0.1) is 16.6 Å². The van der Waals surface area contributed by atoms with E-state index in [-0.39, 0.29) is 11.6 Å². The molecule has 4 aromatic rings. The van der Waals surface area contributed by atoms with Crippen LogP contribution in [-0.4, -0.2) is 25.9 Å². The summed E-state index contributed by atoms with van der Waals surface area (Å²) >= 11 is 0. The maximum Gasteiger partial charge on any atom is 0.276 e. The van der Waals surface area contributed by atoms with Crippen LogP contribution in [-0.2, 0) is 18.6 Å². The van der Waals surface area contributed by atoms with Gasteiger partial charge in [-0.1, -0.05) is 12.1 Å². The van der Waals surface area contributed by atoms with Gasteiger partial charge in [0, 0.05) is 30.5 Å². The molecule has 5 rings (SSSR count). The van der Waals surface area contributed by atoms with Gasteiger partial charge >= 0.3 is 0 Å². The summed E-state index contributed by atoms with van der Waals surface area (Å²) in [4.78, 5) is 22.3. The second-order valence-corrected chi connectivity index (χ2v) is 9.53. The Labute approximate surface area is 197 Å². The zero-order chi connectivity index (χ0) is 24.0. The summed E-state index contributed by atoms with van der Waals surface area (Å²) in [6.07, 6.45) is 2.58. The molecular formula is C26H29FN6O. The molecule has 0 aliphatic carbocycles. The number of hydrogen-bond donors (Lipinski definition) is 2. The zero-order valence-electron chi connectivity index (χ0n) is 19.9. The van der Waals surface area contributed by atoms with Crippen LogP contribution in [0.2, 0.25) is 0 Å². The Morgan fingerprint density at radius 1 is 1.15 bits per heavy atom. The van der Waals surface area contributed by atoms with Crippen molar-refractivity contribution in [1.29, 1.82) is 0 Å². The van der Waals surface area contributed by atoms with Crippen molar-refractivity contribution in [2.45, 2.75) is 52.4 Å². The third kappa shape index (κ3) is 3.98. The summed E-state index contributed by atoms with van der Waals surface area (Å²) in [7, 11) is 0. The predicted molar refractivity (Wildman–Crippen MR) is 133 cm³/mol. The summed E-state index contributed by atoms with van der Waals surface area (Å²) in [5.41, 5.74) is 2.80. The second kappa shape index (κ2) is 8.36. The van der Waals surface area contributed by atoms with Crippen molar-refractivity contribution in [3.05, 3.63) is 75.8 Å². The van der Waals surface area contributed by atoms with Crippen LogP contribution in [0.5, 0.6) is 0 Å². The van der Waals surface area contributed by atoms with Gasteiger partial charge in [-0.05, 0) is 76.1 Å². The minimum Gasteiger partial charge on any atom is -0.340 e. The molecule has 0 radical (unpaired) electrons. The normalized spacial score (nSPS) is 13.9. The van der Waals surface area contributed by atoms with Gasteiger partial charge in [-0.15, -0.1) is 0 Å². The van der Waals surface area contributed by atoms with Gasteiger partial charge in [0.15, 0.2) is 5.82 Å². The Morgan fingerprint density at radius 3 is 2.74 bits per heavy atom. The van der Waals surface area contributed by atoms with E-state index in [0.717, 1.165) is 25.2 Å². The largest absolute Gasteiger partial charge is 0.340 e. The maximum atomic E-state index is 14.7. The number of aromatic nitrogens is 4. The first-order valence-electron chi connectivity index (χ1n) is 11.6. The Bertz CT molecular complexity index is 1430. The van der Waals surface area contributed by atoms with E-state index in [9.17, 15) is 9.18 Å². The van der Waals surface area contributed by atoms with Crippen LogP contribution in [0.15, 0.2) is 53.5 Å². The van der Waals surface area contributed by atoms with E-state index in [4.69, 9.17) is 0 Å². The third-order valence-electron chi connectivity index (χ3n) is 6.18. The Morgan fingerprint density at radius 2 is 1.97 bits per heavy atom. The van der Waals surface area contributed by atoms with Crippen molar-refractivity contribution < 1.29 is 4.39 Å². The van der Waals surface area contributed by atoms with Crippen LogP contribution in [0, 0.1) is 0 Å². The number of anilines is 2. The van der Waals surface area contributed by atoms with Gasteiger partial charge in [0.25, 0.3) is 5.56 Å². The fourth-order valence-electron chi connectivity index (χ4n) is 4.46. The number of alkyl halides is 1. The monoisotopic (exact) mass is 460 g/mol. The Kier molecular flexibility index (Phi) is 5.48. The topological polar surface area (TPSA) is 76.8 Å². The van der Waals surface area contributed by atoms with Crippen molar-refractivity contribution in [2.24, 2.45) is 0 Å². The van der Waals surface area contributed by atoms with Crippen LogP contribution in [0.4, 0.5) is 15.9 Å². The summed E-state index contributed by atoms with van der Waals surface area (Å²) in [5.74, 6) is 1.11. The average Bonchev–Trinajstić information content (AvgIpc) is 3.10. The number of halogens is 1. The fraction of sp³-hybridized carbons (Fsp3) is 0.346. The van der Waals surface area contributed by atoms with E-state index in [0.29, 0.717) is 28.2 Å². The van der Waals surface area contributed by atoms with E-state index in [1.807, 2.05) is 26.0 Å². The molecule has 1 aromatic carbocycles. The van der Waals surface area contributed by atoms with Crippen LogP contribution in [0.25, 0.3) is 16.7 Å². The highest BCUT2D eigenvalue weighted by molar-refractivity contribution is 5.82. The molecule has 8 heteroatoms. The lowest BCUT2D eigenvalue weighted by atomic mass is 10.0. The molecule has 3 aromatic heterocycles. The van der Waals surface area contributed by atoms with Gasteiger partial charge in [0.2, 0.25) is 0 Å². The minimum absolute atomic E-state index is 0.130. The van der Waals surface area contributed by atoms with Crippen molar-refractivity contribution in [3.8, 4) is 5.82 Å². The third-order valence-corrected chi connectivity index (χ3v) is 6.18. The second-order valence-electron chi connectivity index (χ2n) is 9.53. The van der Waals surface area contributed by atoms with Crippen molar-refractivity contribution in [1.82, 2.24) is 24.6 Å². The number of rotatable bonds is 5. The molecule has 0 bridgehead atoms. The molecule has 1 aliphatic heterocycles. The first kappa shape index (κ1) is 22.3. The fourth-order valence-corrected chi connectivity index (χ4v) is 4.46. The first-order chi connectivity index (χ1) is 16.2. The predicted octanol–water partition coefficient (Wildman–Crippen LogP) is 4.76. The van der Waals surface area contributed by atoms with E-state index in [2.05, 4.69) is 32.7 Å². The molecule has 7 nitrogen and oxygen atoms in total. The SMILES string of the molecule is CC(C)n1c(=O)c2cnc(Nc3ccc4c(c3)CCNC4)cc2n1-c1cccc(C(C)(C)F)n1. The number of benzene rings is 1. The molecule has 176 valence electrons. The highest BCUT2D eigenvalue weighted by atomic mass is 19.1. The molecule has 0 amide bonds. The first-order valence-corrected chi connectivity index (χ1v) is 11.6. The number of pyridine rings is 2. The van der Waals surface area contributed by atoms with Crippen molar-refractivity contribution in [2.75, 3.05) is 11.9 Å². The standard InChI is InChI=1S/C26H29FN6O/c1-16(2)32-25(34)20-15-29-23(30-19-9-8-18-14-28-11-10-17(18)12-19)13-21(20)33(32)24-7-5-6-22(31-24)26(3,4)27/h5-9,12-13,15-16,28H,10-11,14H2,1-4H3,(H,29,30). The van der Waals surface area contributed by atoms with Crippen LogP contribution in [0.1, 0.15) is 50.6 Å². The zero-order valence-corrected chi connectivity index (χ0v) is 19.9. The number of nitrogens with one attached hydrogen (secondary N) is 2. The molecule has 4 heterocycles. The molecule has 0 saturated heterocycles. The summed E-state index contributed by atoms with van der Waals surface area (Å²) < 4.78 is 18.1. The lowest BCUT2D eigenvalue weighted by Gasteiger charge is -2.19. The number of fused-ring (bicyclic) bond motifs is 2. The van der Waals surface area contributed by atoms with Gasteiger partial charge in [-0.3, -0.25) is 4.79 Å². The molecule has 0 unspecified atom stereocenters. The number of nitrogens with zero attached hydrogens (tertiary/aromatic N) is 4. The lowest BCUT2D eigenvalue weighted by Crippen LogP contribution is -2.25. The molecule has 2 N–H and O–H groups in total. The maximum absolute atomic E-state index is 14.7. The summed E-state index contributed by atoms with van der Waals surface area (Å²) in [6.45, 7) is 8.68. The lowest BCUT2D eigenvalue weighted by molar-refractivity contribution is 0.214. The highest BCUT2D eigenvalue weighted by Crippen LogP contribution is 2.27. The smallest absolute Gasteiger partial charge is 0.276 e. The van der Waals surface area contributed by atoms with Gasteiger partial charge in [-0.2, -0.15) is 0 Å². The quantitative estimate of drug-likeness (QED) is 0.449. The van der Waals surface area contributed by atoms with E-state index < -0.39 is 5.67 Å². The Hall–Kier alpha value is -3.52. The molecule has 0 saturated carbocycles. The molecular weight excluding hydrogens is 431 g/mol. The van der Waals surface area contributed by atoms with Crippen LogP contribution < -0.4 is 16.2 Å². The van der Waals surface area contributed by atoms with E-state index >= 15 is 0 Å². The van der Waals surface area contributed by atoms with Crippen LogP contribution >= 0.6 is 0 Å². The molecule has 1 aliphatic rings. The van der Waals surface area contributed by atoms with E-state index in [1.165, 1.54) is 25.0 Å². The molecule has 34 heavy (non-hydrogen) atoms.